The maximum absolute atomic E-state index is 12.7. The van der Waals surface area contributed by atoms with Gasteiger partial charge in [-0.15, -0.1) is 0 Å². The summed E-state index contributed by atoms with van der Waals surface area (Å²) in [7, 11) is 1.38. The number of aromatic hydroxyl groups is 3. The zero-order chi connectivity index (χ0) is 30.7. The Morgan fingerprint density at radius 3 is 2.26 bits per heavy atom. The van der Waals surface area contributed by atoms with E-state index < -0.39 is 84.9 Å². The van der Waals surface area contributed by atoms with Gasteiger partial charge in [-0.25, -0.2) is 0 Å². The van der Waals surface area contributed by atoms with Crippen LogP contribution < -0.4 is 9.47 Å². The van der Waals surface area contributed by atoms with Gasteiger partial charge in [-0.1, -0.05) is 12.1 Å². The molecule has 4 rings (SSSR count). The van der Waals surface area contributed by atoms with E-state index in [1.54, 1.807) is 6.07 Å². The predicted molar refractivity (Wildman–Crippen MR) is 139 cm³/mol. The van der Waals surface area contributed by atoms with Crippen LogP contribution in [0.15, 0.2) is 36.4 Å². The number of hydrogen-bond donors (Lipinski definition) is 9. The Bertz CT molecular complexity index is 1280. The summed E-state index contributed by atoms with van der Waals surface area (Å²) in [5.41, 5.74) is 0.144. The number of hydrogen-bond acceptors (Lipinski definition) is 15. The summed E-state index contributed by atoms with van der Waals surface area (Å²) in [6.07, 6.45) is -11.9. The molecule has 42 heavy (non-hydrogen) atoms. The lowest BCUT2D eigenvalue weighted by molar-refractivity contribution is -0.307. The van der Waals surface area contributed by atoms with E-state index in [-0.39, 0.29) is 23.7 Å². The van der Waals surface area contributed by atoms with E-state index >= 15 is 0 Å². The molecular formula is C27H32O15. The topological polar surface area (TPSA) is 245 Å². The Morgan fingerprint density at radius 1 is 0.881 bits per heavy atom. The molecule has 230 valence electrons. The predicted octanol–water partition coefficient (Wildman–Crippen LogP) is -1.65. The van der Waals surface area contributed by atoms with E-state index in [0.29, 0.717) is 5.56 Å². The van der Waals surface area contributed by atoms with Crippen molar-refractivity contribution in [1.29, 1.82) is 0 Å². The van der Waals surface area contributed by atoms with Gasteiger partial charge in [0.05, 0.1) is 25.9 Å². The molecule has 2 saturated heterocycles. The maximum Gasteiger partial charge on any atom is 0.229 e. The quantitative estimate of drug-likeness (QED) is 0.0894. The SMILES string of the molecule is COc1ccc(C=CC(=O)c2ccc(O[C@@H]3O[C@H](CO[C@@H]4OC[C@@H](O)[C@H](O)[C@H]4O)[C@@H](O)[C@H](O)[C@H]3O)c(O)c2O)cc1O. The molecule has 15 heteroatoms. The minimum Gasteiger partial charge on any atom is -0.504 e. The third kappa shape index (κ3) is 6.59. The van der Waals surface area contributed by atoms with Crippen molar-refractivity contribution in [3.05, 3.63) is 47.5 Å². The highest BCUT2D eigenvalue weighted by molar-refractivity contribution is 6.09. The van der Waals surface area contributed by atoms with Crippen LogP contribution in [0.5, 0.6) is 28.7 Å². The van der Waals surface area contributed by atoms with Gasteiger partial charge < -0.3 is 69.6 Å². The third-order valence-electron chi connectivity index (χ3n) is 6.80. The smallest absolute Gasteiger partial charge is 0.229 e. The van der Waals surface area contributed by atoms with Gasteiger partial charge in [0.25, 0.3) is 0 Å². The van der Waals surface area contributed by atoms with Crippen molar-refractivity contribution in [3.63, 3.8) is 0 Å². The van der Waals surface area contributed by atoms with Crippen LogP contribution in [-0.4, -0.2) is 127 Å². The van der Waals surface area contributed by atoms with Gasteiger partial charge in [0, 0.05) is 0 Å². The van der Waals surface area contributed by atoms with Crippen molar-refractivity contribution in [2.75, 3.05) is 20.3 Å². The Morgan fingerprint density at radius 2 is 1.57 bits per heavy atom. The number of methoxy groups -OCH3 is 1. The zero-order valence-corrected chi connectivity index (χ0v) is 22.1. The standard InChI is InChI=1S/C27H32O15/c1-38-16-6-3-11(8-14(16)29)2-5-13(28)12-4-7-17(21(33)19(12)31)41-27-25(37)23(35)22(34)18(42-27)10-40-26-24(36)20(32)15(30)9-39-26/h2-8,15,18,20,22-27,29-37H,9-10H2,1H3/t15-,18-,20+,22-,23+,24-,25-,26+,27-/m1/s1. The second kappa shape index (κ2) is 13.2. The van der Waals surface area contributed by atoms with Crippen LogP contribution in [0.25, 0.3) is 6.08 Å². The number of carbonyl (C=O) groups excluding carboxylic acids is 1. The van der Waals surface area contributed by atoms with E-state index in [9.17, 15) is 50.8 Å². The second-order valence-corrected chi connectivity index (χ2v) is 9.65. The first-order valence-electron chi connectivity index (χ1n) is 12.7. The number of aliphatic hydroxyl groups is 6. The molecule has 0 radical (unpaired) electrons. The number of aliphatic hydroxyl groups excluding tert-OH is 6. The minimum absolute atomic E-state index is 0.147. The zero-order valence-electron chi connectivity index (χ0n) is 22.1. The lowest BCUT2D eigenvalue weighted by atomic mass is 9.99. The van der Waals surface area contributed by atoms with Crippen LogP contribution in [0.3, 0.4) is 0 Å². The third-order valence-corrected chi connectivity index (χ3v) is 6.80. The van der Waals surface area contributed by atoms with Crippen LogP contribution in [0, 0.1) is 0 Å². The van der Waals surface area contributed by atoms with Crippen LogP contribution in [0.4, 0.5) is 0 Å². The Balaban J connectivity index is 1.43. The summed E-state index contributed by atoms with van der Waals surface area (Å²) in [5, 5.41) is 91.2. The first-order valence-corrected chi connectivity index (χ1v) is 12.7. The Kier molecular flexibility index (Phi) is 9.88. The molecule has 15 nitrogen and oxygen atoms in total. The van der Waals surface area contributed by atoms with Gasteiger partial charge in [-0.3, -0.25) is 4.79 Å². The number of ether oxygens (including phenoxy) is 5. The van der Waals surface area contributed by atoms with Crippen LogP contribution in [0.1, 0.15) is 15.9 Å². The molecule has 2 heterocycles. The number of phenolic OH excluding ortho intramolecular Hbond substituents is 3. The van der Waals surface area contributed by atoms with Gasteiger partial charge in [-0.05, 0) is 35.9 Å². The van der Waals surface area contributed by atoms with E-state index in [2.05, 4.69) is 0 Å². The molecule has 2 fully saturated rings. The molecule has 0 aromatic heterocycles. The average molecular weight is 597 g/mol. The highest BCUT2D eigenvalue weighted by Crippen LogP contribution is 2.40. The first-order chi connectivity index (χ1) is 19.9. The number of allylic oxidation sites excluding steroid dienone is 1. The summed E-state index contributed by atoms with van der Waals surface area (Å²) in [5.74, 6) is -2.79. The lowest BCUT2D eigenvalue weighted by Crippen LogP contribution is -2.61. The van der Waals surface area contributed by atoms with Crippen molar-refractivity contribution in [1.82, 2.24) is 0 Å². The van der Waals surface area contributed by atoms with Gasteiger partial charge >= 0.3 is 0 Å². The van der Waals surface area contributed by atoms with Crippen molar-refractivity contribution >= 4 is 11.9 Å². The molecule has 2 aromatic rings. The Labute approximate surface area is 238 Å². The molecule has 0 amide bonds. The van der Waals surface area contributed by atoms with Gasteiger partial charge in [0.15, 0.2) is 35.1 Å². The Hall–Kier alpha value is -3.51. The monoisotopic (exact) mass is 596 g/mol. The molecule has 0 saturated carbocycles. The van der Waals surface area contributed by atoms with Gasteiger partial charge in [0.2, 0.25) is 12.0 Å². The van der Waals surface area contributed by atoms with Crippen LogP contribution >= 0.6 is 0 Å². The van der Waals surface area contributed by atoms with E-state index in [4.69, 9.17) is 23.7 Å². The van der Waals surface area contributed by atoms with E-state index in [1.165, 1.54) is 25.3 Å². The molecule has 9 atom stereocenters. The maximum atomic E-state index is 12.7. The van der Waals surface area contributed by atoms with E-state index in [1.807, 2.05) is 0 Å². The normalized spacial score (nSPS) is 31.6. The number of benzene rings is 2. The number of phenols is 3. The van der Waals surface area contributed by atoms with Gasteiger partial charge in [-0.2, -0.15) is 0 Å². The van der Waals surface area contributed by atoms with Crippen molar-refractivity contribution in [2.45, 2.75) is 55.3 Å². The highest BCUT2D eigenvalue weighted by Gasteiger charge is 2.46. The van der Waals surface area contributed by atoms with Crippen molar-refractivity contribution < 1.29 is 74.4 Å². The second-order valence-electron chi connectivity index (χ2n) is 9.65. The first kappa shape index (κ1) is 31.4. The van der Waals surface area contributed by atoms with Crippen LogP contribution in [0.2, 0.25) is 0 Å². The summed E-state index contributed by atoms with van der Waals surface area (Å²) in [6, 6.07) is 6.66. The molecule has 2 aliphatic rings. The summed E-state index contributed by atoms with van der Waals surface area (Å²) in [6.45, 7) is -0.871. The molecule has 0 aliphatic carbocycles. The fourth-order valence-electron chi connectivity index (χ4n) is 4.32. The van der Waals surface area contributed by atoms with Crippen LogP contribution in [-0.2, 0) is 14.2 Å². The van der Waals surface area contributed by atoms with Gasteiger partial charge in [0.1, 0.15) is 42.7 Å². The molecule has 0 unspecified atom stereocenters. The summed E-state index contributed by atoms with van der Waals surface area (Å²) < 4.78 is 26.3. The molecule has 2 aliphatic heterocycles. The fraction of sp³-hybridized carbons (Fsp3) is 0.444. The number of rotatable bonds is 9. The van der Waals surface area contributed by atoms with E-state index in [0.717, 1.165) is 18.2 Å². The largest absolute Gasteiger partial charge is 0.504 e. The minimum atomic E-state index is -1.84. The molecule has 2 aromatic carbocycles. The highest BCUT2D eigenvalue weighted by atomic mass is 16.7. The summed E-state index contributed by atoms with van der Waals surface area (Å²) in [4.78, 5) is 12.7. The molecule has 0 bridgehead atoms. The number of carbonyl (C=O) groups is 1. The van der Waals surface area contributed by atoms with Crippen molar-refractivity contribution in [3.8, 4) is 28.7 Å². The average Bonchev–Trinajstić information content (AvgIpc) is 2.97. The number of ketones is 1. The molecule has 0 spiro atoms. The summed E-state index contributed by atoms with van der Waals surface area (Å²) >= 11 is 0. The lowest BCUT2D eigenvalue weighted by Gasteiger charge is -2.41. The molecule has 9 N–H and O–H groups in total. The van der Waals surface area contributed by atoms with Crippen molar-refractivity contribution in [2.24, 2.45) is 0 Å². The molecular weight excluding hydrogens is 564 g/mol. The fourth-order valence-corrected chi connectivity index (χ4v) is 4.32.